The third-order valence-corrected chi connectivity index (χ3v) is 6.18. The fraction of sp³-hybridized carbons (Fsp3) is 0.267. The summed E-state index contributed by atoms with van der Waals surface area (Å²) in [6.07, 6.45) is 1.86. The number of ether oxygens (including phenoxy) is 4. The standard InChI is InChI=1S/C30H32N2O6/c1-5-9-20-14-15-27(38-19-29(33)34)23(16-20)24-17-25(22-11-8-13-28(36-3)30(22)37-4)32(31-24)18-21-10-6-7-12-26(21)35-2/h6-8,10-17H,5,9,18-19H2,1-4H3,(H,33,34). The molecule has 1 aromatic heterocycles. The summed E-state index contributed by atoms with van der Waals surface area (Å²) in [5, 5.41) is 14.2. The highest BCUT2D eigenvalue weighted by Gasteiger charge is 2.21. The molecule has 0 spiro atoms. The number of aryl methyl sites for hydroxylation is 1. The van der Waals surface area contributed by atoms with E-state index in [0.29, 0.717) is 29.5 Å². The van der Waals surface area contributed by atoms with Gasteiger partial charge in [-0.15, -0.1) is 0 Å². The van der Waals surface area contributed by atoms with E-state index in [4.69, 9.17) is 24.0 Å². The van der Waals surface area contributed by atoms with Crippen LogP contribution in [0.2, 0.25) is 0 Å². The van der Waals surface area contributed by atoms with Gasteiger partial charge < -0.3 is 24.1 Å². The van der Waals surface area contributed by atoms with Crippen LogP contribution in [0.15, 0.2) is 66.7 Å². The number of carboxylic acids is 1. The first kappa shape index (κ1) is 26.6. The minimum absolute atomic E-state index is 0.430. The van der Waals surface area contributed by atoms with Crippen molar-refractivity contribution in [3.05, 3.63) is 77.9 Å². The minimum atomic E-state index is -1.04. The molecule has 38 heavy (non-hydrogen) atoms. The van der Waals surface area contributed by atoms with Crippen molar-refractivity contribution in [2.45, 2.75) is 26.3 Å². The third kappa shape index (κ3) is 5.75. The SMILES string of the molecule is CCCc1ccc(OCC(=O)O)c(-c2cc(-c3cccc(OC)c3OC)n(Cc3ccccc3OC)n2)c1. The molecule has 198 valence electrons. The van der Waals surface area contributed by atoms with E-state index in [1.165, 1.54) is 0 Å². The minimum Gasteiger partial charge on any atom is -0.496 e. The molecule has 4 rings (SSSR count). The van der Waals surface area contributed by atoms with Crippen LogP contribution in [0.1, 0.15) is 24.5 Å². The summed E-state index contributed by atoms with van der Waals surface area (Å²) in [4.78, 5) is 11.2. The van der Waals surface area contributed by atoms with Gasteiger partial charge in [-0.3, -0.25) is 4.68 Å². The Morgan fingerprint density at radius 1 is 0.868 bits per heavy atom. The second-order valence-electron chi connectivity index (χ2n) is 8.69. The summed E-state index contributed by atoms with van der Waals surface area (Å²) < 4.78 is 24.4. The molecule has 0 atom stereocenters. The Kier molecular flexibility index (Phi) is 8.53. The zero-order chi connectivity index (χ0) is 27.1. The predicted molar refractivity (Wildman–Crippen MR) is 145 cm³/mol. The lowest BCUT2D eigenvalue weighted by Gasteiger charge is -2.15. The van der Waals surface area contributed by atoms with E-state index >= 15 is 0 Å². The van der Waals surface area contributed by atoms with E-state index in [2.05, 4.69) is 6.92 Å². The summed E-state index contributed by atoms with van der Waals surface area (Å²) in [5.74, 6) is 1.36. The molecule has 0 saturated carbocycles. The van der Waals surface area contributed by atoms with Gasteiger partial charge in [0.25, 0.3) is 0 Å². The Morgan fingerprint density at radius 2 is 1.63 bits per heavy atom. The normalized spacial score (nSPS) is 10.7. The lowest BCUT2D eigenvalue weighted by atomic mass is 10.0. The molecule has 0 amide bonds. The second kappa shape index (κ2) is 12.2. The number of para-hydroxylation sites is 2. The summed E-state index contributed by atoms with van der Waals surface area (Å²) >= 11 is 0. The van der Waals surface area contributed by atoms with Crippen LogP contribution < -0.4 is 18.9 Å². The van der Waals surface area contributed by atoms with E-state index in [1.54, 1.807) is 21.3 Å². The Bertz CT molecular complexity index is 1410. The van der Waals surface area contributed by atoms with Crippen molar-refractivity contribution in [2.24, 2.45) is 0 Å². The van der Waals surface area contributed by atoms with E-state index in [9.17, 15) is 9.90 Å². The van der Waals surface area contributed by atoms with Gasteiger partial charge >= 0.3 is 5.97 Å². The van der Waals surface area contributed by atoms with Crippen LogP contribution in [0.3, 0.4) is 0 Å². The molecule has 0 saturated heterocycles. The number of carboxylic acid groups (broad SMARTS) is 1. The molecule has 8 nitrogen and oxygen atoms in total. The maximum atomic E-state index is 11.2. The first-order valence-corrected chi connectivity index (χ1v) is 12.4. The highest BCUT2D eigenvalue weighted by molar-refractivity contribution is 5.78. The molecule has 0 aliphatic rings. The van der Waals surface area contributed by atoms with Gasteiger partial charge in [-0.25, -0.2) is 4.79 Å². The van der Waals surface area contributed by atoms with Gasteiger partial charge in [0, 0.05) is 16.7 Å². The van der Waals surface area contributed by atoms with Crippen molar-refractivity contribution >= 4 is 5.97 Å². The first-order chi connectivity index (χ1) is 18.5. The maximum absolute atomic E-state index is 11.2. The van der Waals surface area contributed by atoms with Crippen LogP contribution in [0.25, 0.3) is 22.5 Å². The topological polar surface area (TPSA) is 92.0 Å². The average molecular weight is 517 g/mol. The Hall–Kier alpha value is -4.46. The van der Waals surface area contributed by atoms with Crippen molar-refractivity contribution in [1.29, 1.82) is 0 Å². The van der Waals surface area contributed by atoms with Crippen LogP contribution >= 0.6 is 0 Å². The summed E-state index contributed by atoms with van der Waals surface area (Å²) in [5.41, 5.74) is 5.04. The van der Waals surface area contributed by atoms with Crippen molar-refractivity contribution < 1.29 is 28.8 Å². The molecular weight excluding hydrogens is 484 g/mol. The van der Waals surface area contributed by atoms with Gasteiger partial charge in [-0.05, 0) is 48.4 Å². The molecule has 0 aliphatic heterocycles. The molecule has 1 N–H and O–H groups in total. The molecule has 0 bridgehead atoms. The van der Waals surface area contributed by atoms with E-state index < -0.39 is 12.6 Å². The predicted octanol–water partition coefficient (Wildman–Crippen LogP) is 5.71. The van der Waals surface area contributed by atoms with Gasteiger partial charge in [0.1, 0.15) is 11.5 Å². The monoisotopic (exact) mass is 516 g/mol. The van der Waals surface area contributed by atoms with Gasteiger partial charge in [-0.2, -0.15) is 5.10 Å². The van der Waals surface area contributed by atoms with E-state index in [-0.39, 0.29) is 0 Å². The number of aromatic nitrogens is 2. The number of benzene rings is 3. The fourth-order valence-corrected chi connectivity index (χ4v) is 4.46. The van der Waals surface area contributed by atoms with Gasteiger partial charge in [0.05, 0.1) is 39.3 Å². The molecule has 0 radical (unpaired) electrons. The van der Waals surface area contributed by atoms with Gasteiger partial charge in [-0.1, -0.05) is 43.7 Å². The Labute approximate surface area is 222 Å². The van der Waals surface area contributed by atoms with Crippen LogP contribution in [0.4, 0.5) is 0 Å². The van der Waals surface area contributed by atoms with Gasteiger partial charge in [0.2, 0.25) is 0 Å². The van der Waals surface area contributed by atoms with Crippen molar-refractivity contribution in [3.8, 4) is 45.5 Å². The quantitative estimate of drug-likeness (QED) is 0.258. The smallest absolute Gasteiger partial charge is 0.341 e. The van der Waals surface area contributed by atoms with Crippen molar-refractivity contribution in [3.63, 3.8) is 0 Å². The lowest BCUT2D eigenvalue weighted by Crippen LogP contribution is -2.10. The molecule has 0 unspecified atom stereocenters. The van der Waals surface area contributed by atoms with Crippen LogP contribution in [0.5, 0.6) is 23.0 Å². The molecular formula is C30H32N2O6. The zero-order valence-electron chi connectivity index (χ0n) is 22.1. The molecule has 8 heteroatoms. The van der Waals surface area contributed by atoms with Crippen molar-refractivity contribution in [1.82, 2.24) is 9.78 Å². The highest BCUT2D eigenvalue weighted by atomic mass is 16.5. The molecule has 0 fully saturated rings. The van der Waals surface area contributed by atoms with Crippen molar-refractivity contribution in [2.75, 3.05) is 27.9 Å². The number of hydrogen-bond acceptors (Lipinski definition) is 6. The number of hydrogen-bond donors (Lipinski definition) is 1. The summed E-state index contributed by atoms with van der Waals surface area (Å²) in [6, 6.07) is 21.2. The Balaban J connectivity index is 1.91. The lowest BCUT2D eigenvalue weighted by molar-refractivity contribution is -0.139. The number of aliphatic carboxylic acids is 1. The van der Waals surface area contributed by atoms with E-state index in [0.717, 1.165) is 46.5 Å². The summed E-state index contributed by atoms with van der Waals surface area (Å²) in [7, 11) is 4.85. The highest BCUT2D eigenvalue weighted by Crippen LogP contribution is 2.41. The number of carbonyl (C=O) groups is 1. The number of nitrogens with zero attached hydrogens (tertiary/aromatic N) is 2. The summed E-state index contributed by atoms with van der Waals surface area (Å²) in [6.45, 7) is 2.10. The Morgan fingerprint density at radius 3 is 2.34 bits per heavy atom. The van der Waals surface area contributed by atoms with Gasteiger partial charge in [0.15, 0.2) is 18.1 Å². The molecule has 3 aromatic carbocycles. The number of rotatable bonds is 12. The molecule has 0 aliphatic carbocycles. The third-order valence-electron chi connectivity index (χ3n) is 6.18. The molecule has 4 aromatic rings. The van der Waals surface area contributed by atoms with E-state index in [1.807, 2.05) is 71.4 Å². The fourth-order valence-electron chi connectivity index (χ4n) is 4.46. The zero-order valence-corrected chi connectivity index (χ0v) is 22.1. The average Bonchev–Trinajstić information content (AvgIpc) is 3.35. The maximum Gasteiger partial charge on any atom is 0.341 e. The van der Waals surface area contributed by atoms with Crippen LogP contribution in [0, 0.1) is 0 Å². The first-order valence-electron chi connectivity index (χ1n) is 12.4. The second-order valence-corrected chi connectivity index (χ2v) is 8.69. The van der Waals surface area contributed by atoms with Crippen LogP contribution in [-0.2, 0) is 17.8 Å². The number of methoxy groups -OCH3 is 3. The largest absolute Gasteiger partial charge is 0.496 e. The molecule has 1 heterocycles. The van der Waals surface area contributed by atoms with Crippen LogP contribution in [-0.4, -0.2) is 48.8 Å².